The highest BCUT2D eigenvalue weighted by Crippen LogP contribution is 2.00. The van der Waals surface area contributed by atoms with Gasteiger partial charge in [-0.3, -0.25) is 0 Å². The summed E-state index contributed by atoms with van der Waals surface area (Å²) in [6.07, 6.45) is 3.51. The minimum atomic E-state index is 0. The molecule has 0 aromatic rings. The van der Waals surface area contributed by atoms with Crippen LogP contribution in [0.5, 0.6) is 0 Å². The van der Waals surface area contributed by atoms with Crippen molar-refractivity contribution in [3.05, 3.63) is 5.21 Å². The molecular formula is C6H14ClNO. The quantitative estimate of drug-likeness (QED) is 0.498. The highest BCUT2D eigenvalue weighted by atomic mass is 35.5. The van der Waals surface area contributed by atoms with E-state index in [1.54, 1.807) is 0 Å². The molecule has 0 amide bonds. The lowest BCUT2D eigenvalue weighted by Crippen LogP contribution is -3.11. The van der Waals surface area contributed by atoms with Crippen LogP contribution in [0, 0.1) is 5.21 Å². The predicted octanol–water partition coefficient (Wildman–Crippen LogP) is 0.363. The van der Waals surface area contributed by atoms with Gasteiger partial charge < -0.3 is 10.3 Å². The van der Waals surface area contributed by atoms with Crippen molar-refractivity contribution in [3.63, 3.8) is 0 Å². The molecule has 1 saturated heterocycles. The van der Waals surface area contributed by atoms with Gasteiger partial charge in [0.05, 0.1) is 12.6 Å². The summed E-state index contributed by atoms with van der Waals surface area (Å²) in [4.78, 5) is 0. The molecule has 0 aromatic carbocycles. The van der Waals surface area contributed by atoms with Crippen molar-refractivity contribution in [3.8, 4) is 0 Å². The van der Waals surface area contributed by atoms with Crippen LogP contribution in [0.3, 0.4) is 0 Å². The molecule has 0 aliphatic carbocycles. The fourth-order valence-corrected chi connectivity index (χ4v) is 1.16. The molecule has 1 N–H and O–H groups in total. The Labute approximate surface area is 62.2 Å². The summed E-state index contributed by atoms with van der Waals surface area (Å²) >= 11 is 0. The molecule has 0 aromatic heterocycles. The normalized spacial score (nSPS) is 35.3. The standard InChI is InChI=1S/C6H13NO.ClH/c1-6-4-2-3-5-7(6)8;/h6-7H,2-5H2,1H3;1H. The smallest absolute Gasteiger partial charge is 0.0843 e. The van der Waals surface area contributed by atoms with Crippen LogP contribution in [-0.2, 0) is 0 Å². The molecule has 56 valence electrons. The second-order valence-corrected chi connectivity index (χ2v) is 2.61. The number of halogens is 1. The number of rotatable bonds is 0. The zero-order valence-electron chi connectivity index (χ0n) is 5.72. The van der Waals surface area contributed by atoms with Gasteiger partial charge in [0.2, 0.25) is 0 Å². The van der Waals surface area contributed by atoms with E-state index in [0.29, 0.717) is 11.1 Å². The maximum atomic E-state index is 10.8. The van der Waals surface area contributed by atoms with Gasteiger partial charge in [0.25, 0.3) is 0 Å². The van der Waals surface area contributed by atoms with Gasteiger partial charge in [0.1, 0.15) is 0 Å². The van der Waals surface area contributed by atoms with Crippen LogP contribution in [0.2, 0.25) is 0 Å². The molecule has 1 heterocycles. The highest BCUT2D eigenvalue weighted by molar-refractivity contribution is 5.85. The van der Waals surface area contributed by atoms with Crippen LogP contribution < -0.4 is 5.06 Å². The molecule has 0 spiro atoms. The second kappa shape index (κ2) is 4.09. The van der Waals surface area contributed by atoms with Crippen molar-refractivity contribution in [2.45, 2.75) is 32.2 Å². The number of quaternary nitrogens is 1. The van der Waals surface area contributed by atoms with E-state index in [1.165, 1.54) is 6.42 Å². The maximum Gasteiger partial charge on any atom is 0.0843 e. The average molecular weight is 152 g/mol. The van der Waals surface area contributed by atoms with Gasteiger partial charge in [-0.25, -0.2) is 0 Å². The first-order valence-corrected chi connectivity index (χ1v) is 3.33. The Hall–Kier alpha value is 0.210. The number of nitrogens with one attached hydrogen (secondary N) is 1. The summed E-state index contributed by atoms with van der Waals surface area (Å²) in [6, 6.07) is 0.365. The molecule has 1 fully saturated rings. The first-order chi connectivity index (χ1) is 3.80. The Kier molecular flexibility index (Phi) is 4.19. The van der Waals surface area contributed by atoms with Gasteiger partial charge in [0, 0.05) is 0 Å². The lowest BCUT2D eigenvalue weighted by Gasteiger charge is -2.32. The average Bonchev–Trinajstić information content (AvgIpc) is 1.77. The van der Waals surface area contributed by atoms with E-state index in [2.05, 4.69) is 0 Å². The van der Waals surface area contributed by atoms with E-state index in [0.717, 1.165) is 19.4 Å². The first kappa shape index (κ1) is 9.21. The lowest BCUT2D eigenvalue weighted by atomic mass is 10.1. The number of piperidine rings is 1. The number of hydrogen-bond acceptors (Lipinski definition) is 1. The van der Waals surface area contributed by atoms with Gasteiger partial charge in [0.15, 0.2) is 0 Å². The van der Waals surface area contributed by atoms with Crippen LogP contribution >= 0.6 is 12.4 Å². The predicted molar refractivity (Wildman–Crippen MR) is 39.8 cm³/mol. The summed E-state index contributed by atoms with van der Waals surface area (Å²) in [7, 11) is 0. The summed E-state index contributed by atoms with van der Waals surface area (Å²) in [5.74, 6) is 0. The van der Waals surface area contributed by atoms with Gasteiger partial charge >= 0.3 is 0 Å². The Morgan fingerprint density at radius 3 is 2.44 bits per heavy atom. The van der Waals surface area contributed by atoms with E-state index in [-0.39, 0.29) is 12.4 Å². The Balaban J connectivity index is 0.000000640. The van der Waals surface area contributed by atoms with E-state index < -0.39 is 0 Å². The molecule has 3 heteroatoms. The third-order valence-electron chi connectivity index (χ3n) is 1.86. The van der Waals surface area contributed by atoms with E-state index in [4.69, 9.17) is 0 Å². The molecule has 1 aliphatic rings. The van der Waals surface area contributed by atoms with Crippen molar-refractivity contribution >= 4 is 12.4 Å². The number of hydroxylamine groups is 2. The Morgan fingerprint density at radius 1 is 1.44 bits per heavy atom. The minimum absolute atomic E-state index is 0. The minimum Gasteiger partial charge on any atom is -0.634 e. The summed E-state index contributed by atoms with van der Waals surface area (Å²) in [5.41, 5.74) is 0. The van der Waals surface area contributed by atoms with Gasteiger partial charge in [-0.05, 0) is 26.2 Å². The van der Waals surface area contributed by atoms with Crippen LogP contribution in [0.1, 0.15) is 26.2 Å². The van der Waals surface area contributed by atoms with Crippen molar-refractivity contribution in [1.82, 2.24) is 0 Å². The van der Waals surface area contributed by atoms with Crippen LogP contribution in [-0.4, -0.2) is 12.6 Å². The monoisotopic (exact) mass is 151 g/mol. The molecular weight excluding hydrogens is 138 g/mol. The molecule has 0 radical (unpaired) electrons. The van der Waals surface area contributed by atoms with Crippen molar-refractivity contribution in [2.24, 2.45) is 0 Å². The van der Waals surface area contributed by atoms with E-state index in [9.17, 15) is 5.21 Å². The third kappa shape index (κ3) is 2.52. The van der Waals surface area contributed by atoms with Gasteiger partial charge in [-0.15, -0.1) is 12.4 Å². The number of hydrogen-bond donors (Lipinski definition) is 1. The van der Waals surface area contributed by atoms with Gasteiger partial charge in [-0.2, -0.15) is 0 Å². The molecule has 1 aliphatic heterocycles. The summed E-state index contributed by atoms with van der Waals surface area (Å²) < 4.78 is 0. The zero-order valence-corrected chi connectivity index (χ0v) is 6.54. The van der Waals surface area contributed by atoms with Crippen molar-refractivity contribution < 1.29 is 5.06 Å². The van der Waals surface area contributed by atoms with Crippen LogP contribution in [0.15, 0.2) is 0 Å². The van der Waals surface area contributed by atoms with Crippen molar-refractivity contribution in [1.29, 1.82) is 0 Å². The van der Waals surface area contributed by atoms with E-state index in [1.807, 2.05) is 6.92 Å². The fourth-order valence-electron chi connectivity index (χ4n) is 1.16. The molecule has 2 unspecified atom stereocenters. The van der Waals surface area contributed by atoms with Crippen LogP contribution in [0.25, 0.3) is 0 Å². The molecule has 0 bridgehead atoms. The maximum absolute atomic E-state index is 10.8. The van der Waals surface area contributed by atoms with Crippen molar-refractivity contribution in [2.75, 3.05) is 6.54 Å². The largest absolute Gasteiger partial charge is 0.634 e. The fraction of sp³-hybridized carbons (Fsp3) is 1.00. The first-order valence-electron chi connectivity index (χ1n) is 3.33. The Bertz CT molecular complexity index is 69.5. The van der Waals surface area contributed by atoms with E-state index >= 15 is 0 Å². The molecule has 1 rings (SSSR count). The molecule has 9 heavy (non-hydrogen) atoms. The molecule has 2 atom stereocenters. The molecule has 0 saturated carbocycles. The van der Waals surface area contributed by atoms with Gasteiger partial charge in [-0.1, -0.05) is 0 Å². The summed E-state index contributed by atoms with van der Waals surface area (Å²) in [5, 5.41) is 11.3. The lowest BCUT2D eigenvalue weighted by molar-refractivity contribution is -0.879. The summed E-state index contributed by atoms with van der Waals surface area (Å²) in [6.45, 7) is 2.86. The Morgan fingerprint density at radius 2 is 2.11 bits per heavy atom. The zero-order chi connectivity index (χ0) is 5.98. The molecule has 2 nitrogen and oxygen atoms in total. The topological polar surface area (TPSA) is 27.5 Å². The third-order valence-corrected chi connectivity index (χ3v) is 1.86. The second-order valence-electron chi connectivity index (χ2n) is 2.61. The SMILES string of the molecule is CC1CCCC[NH+]1[O-].Cl. The van der Waals surface area contributed by atoms with Crippen LogP contribution in [0.4, 0.5) is 0 Å². The highest BCUT2D eigenvalue weighted by Gasteiger charge is 2.13.